The Bertz CT molecular complexity index is 1300. The van der Waals surface area contributed by atoms with Gasteiger partial charge in [0.05, 0.1) is 24.0 Å². The SMILES string of the molecule is CCOc1nc2c3c(nc(-c4cc(N)c(F)c(C)c4C(F)(F)F)c(F)c3n1)OC(C)CCNCCN2. The van der Waals surface area contributed by atoms with Crippen LogP contribution in [0.25, 0.3) is 22.2 Å². The highest BCUT2D eigenvalue weighted by molar-refractivity contribution is 5.96. The van der Waals surface area contributed by atoms with Crippen LogP contribution in [-0.4, -0.2) is 47.3 Å². The normalized spacial score (nSPS) is 16.7. The van der Waals surface area contributed by atoms with Crippen molar-refractivity contribution in [3.8, 4) is 23.1 Å². The number of alkyl halides is 3. The summed E-state index contributed by atoms with van der Waals surface area (Å²) in [4.78, 5) is 12.6. The van der Waals surface area contributed by atoms with Crippen LogP contribution in [0.5, 0.6) is 11.9 Å². The van der Waals surface area contributed by atoms with Gasteiger partial charge in [-0.15, -0.1) is 0 Å². The molecule has 4 rings (SSSR count). The summed E-state index contributed by atoms with van der Waals surface area (Å²) < 4.78 is 83.9. The standard InChI is InChI=1S/C23H25F5N6O2/c1-4-35-22-33-19-14-20(34-22)31-8-7-30-6-5-10(2)36-21(14)32-18(17(19)25)12-9-13(29)16(24)11(3)15(12)23(26,27)28/h9-10,30H,4-8,29H2,1-3H3,(H,31,33,34). The van der Waals surface area contributed by atoms with E-state index in [-0.39, 0.29) is 35.2 Å². The van der Waals surface area contributed by atoms with Crippen LogP contribution >= 0.6 is 0 Å². The third kappa shape index (κ3) is 4.79. The monoisotopic (exact) mass is 512 g/mol. The average Bonchev–Trinajstić information content (AvgIpc) is 2.83. The van der Waals surface area contributed by atoms with Gasteiger partial charge in [0, 0.05) is 18.7 Å². The number of anilines is 2. The predicted octanol–water partition coefficient (Wildman–Crippen LogP) is 4.45. The molecule has 0 radical (unpaired) electrons. The van der Waals surface area contributed by atoms with Gasteiger partial charge in [-0.25, -0.2) is 13.8 Å². The van der Waals surface area contributed by atoms with E-state index in [9.17, 15) is 17.6 Å². The molecule has 3 heterocycles. The van der Waals surface area contributed by atoms with Crippen molar-refractivity contribution in [3.63, 3.8) is 0 Å². The van der Waals surface area contributed by atoms with Crippen molar-refractivity contribution in [1.82, 2.24) is 20.3 Å². The Morgan fingerprint density at radius 1 is 1.14 bits per heavy atom. The Kier molecular flexibility index (Phi) is 7.03. The minimum atomic E-state index is -5.02. The van der Waals surface area contributed by atoms with E-state index in [1.165, 1.54) is 0 Å². The van der Waals surface area contributed by atoms with Crippen LogP contribution in [0.3, 0.4) is 0 Å². The first-order valence-electron chi connectivity index (χ1n) is 11.3. The van der Waals surface area contributed by atoms with Gasteiger partial charge in [-0.1, -0.05) is 0 Å². The van der Waals surface area contributed by atoms with Crippen molar-refractivity contribution in [1.29, 1.82) is 0 Å². The van der Waals surface area contributed by atoms with Gasteiger partial charge >= 0.3 is 12.2 Å². The topological polar surface area (TPSA) is 107 Å². The molecule has 1 aliphatic rings. The number of ether oxygens (including phenoxy) is 2. The summed E-state index contributed by atoms with van der Waals surface area (Å²) in [6.07, 6.45) is -4.92. The van der Waals surface area contributed by atoms with E-state index in [1.807, 2.05) is 0 Å². The number of nitrogens with one attached hydrogen (secondary N) is 2. The molecular weight excluding hydrogens is 487 g/mol. The van der Waals surface area contributed by atoms with Crippen LogP contribution in [0.2, 0.25) is 0 Å². The number of pyridine rings is 1. The number of nitrogens with two attached hydrogens (primary N) is 1. The van der Waals surface area contributed by atoms with Gasteiger partial charge in [-0.2, -0.15) is 23.1 Å². The van der Waals surface area contributed by atoms with Crippen LogP contribution in [0, 0.1) is 18.6 Å². The largest absolute Gasteiger partial charge is 0.474 e. The van der Waals surface area contributed by atoms with Gasteiger partial charge < -0.3 is 25.8 Å². The summed E-state index contributed by atoms with van der Waals surface area (Å²) in [7, 11) is 0. The zero-order valence-electron chi connectivity index (χ0n) is 19.8. The number of halogens is 5. The van der Waals surface area contributed by atoms with Gasteiger partial charge in [0.25, 0.3) is 0 Å². The molecular formula is C23H25F5N6O2. The Morgan fingerprint density at radius 2 is 1.89 bits per heavy atom. The Hall–Kier alpha value is -3.48. The number of aromatic nitrogens is 3. The lowest BCUT2D eigenvalue weighted by atomic mass is 9.96. The molecule has 1 aliphatic heterocycles. The number of nitrogen functional groups attached to an aromatic ring is 1. The molecule has 0 saturated heterocycles. The van der Waals surface area contributed by atoms with E-state index < -0.39 is 52.0 Å². The molecule has 0 spiro atoms. The molecule has 1 unspecified atom stereocenters. The number of hydrogen-bond donors (Lipinski definition) is 3. The summed E-state index contributed by atoms with van der Waals surface area (Å²) in [6, 6.07) is 0.536. The quantitative estimate of drug-likeness (QED) is 0.349. The van der Waals surface area contributed by atoms with Crippen molar-refractivity contribution in [2.24, 2.45) is 0 Å². The minimum absolute atomic E-state index is 0.0498. The zero-order valence-corrected chi connectivity index (χ0v) is 19.8. The van der Waals surface area contributed by atoms with Gasteiger partial charge in [-0.3, -0.25) is 0 Å². The molecule has 8 nitrogen and oxygen atoms in total. The minimum Gasteiger partial charge on any atom is -0.474 e. The van der Waals surface area contributed by atoms with Gasteiger partial charge in [0.2, 0.25) is 5.88 Å². The van der Waals surface area contributed by atoms with Gasteiger partial charge in [0.15, 0.2) is 5.82 Å². The third-order valence-corrected chi connectivity index (χ3v) is 5.71. The van der Waals surface area contributed by atoms with Crippen LogP contribution in [-0.2, 0) is 6.18 Å². The lowest BCUT2D eigenvalue weighted by molar-refractivity contribution is -0.137. The van der Waals surface area contributed by atoms with Crippen molar-refractivity contribution < 1.29 is 31.4 Å². The maximum Gasteiger partial charge on any atom is 0.417 e. The summed E-state index contributed by atoms with van der Waals surface area (Å²) in [5, 5.41) is 6.32. The first kappa shape index (κ1) is 25.6. The first-order chi connectivity index (χ1) is 17.0. The zero-order chi connectivity index (χ0) is 26.2. The van der Waals surface area contributed by atoms with Crippen molar-refractivity contribution >= 4 is 22.4 Å². The molecule has 0 aliphatic carbocycles. The maximum absolute atomic E-state index is 16.0. The number of hydrogen-bond acceptors (Lipinski definition) is 8. The van der Waals surface area contributed by atoms with Crippen LogP contribution < -0.4 is 25.8 Å². The van der Waals surface area contributed by atoms with E-state index in [0.29, 0.717) is 26.1 Å². The summed E-state index contributed by atoms with van der Waals surface area (Å²) in [6.45, 7) is 6.08. The van der Waals surface area contributed by atoms with Crippen molar-refractivity contribution in [2.45, 2.75) is 39.5 Å². The Labute approximate surface area is 203 Å². The average molecular weight is 512 g/mol. The van der Waals surface area contributed by atoms with E-state index in [1.54, 1.807) is 13.8 Å². The van der Waals surface area contributed by atoms with E-state index in [0.717, 1.165) is 13.0 Å². The molecule has 0 bridgehead atoms. The van der Waals surface area contributed by atoms with Gasteiger partial charge in [-0.05, 0) is 45.4 Å². The van der Waals surface area contributed by atoms with Crippen molar-refractivity contribution in [2.75, 3.05) is 37.3 Å². The summed E-state index contributed by atoms with van der Waals surface area (Å²) in [5.41, 5.74) is 1.08. The highest BCUT2D eigenvalue weighted by Crippen LogP contribution is 2.44. The third-order valence-electron chi connectivity index (χ3n) is 5.71. The number of nitrogens with zero attached hydrogens (tertiary/aromatic N) is 3. The van der Waals surface area contributed by atoms with Gasteiger partial charge in [0.1, 0.15) is 28.2 Å². The smallest absolute Gasteiger partial charge is 0.417 e. The van der Waals surface area contributed by atoms with E-state index >= 15 is 4.39 Å². The summed E-state index contributed by atoms with van der Waals surface area (Å²) >= 11 is 0. The number of rotatable bonds is 3. The van der Waals surface area contributed by atoms with Crippen LogP contribution in [0.15, 0.2) is 6.07 Å². The van der Waals surface area contributed by atoms with E-state index in [4.69, 9.17) is 15.2 Å². The fourth-order valence-corrected chi connectivity index (χ4v) is 4.03. The van der Waals surface area contributed by atoms with Crippen molar-refractivity contribution in [3.05, 3.63) is 28.8 Å². The second-order valence-corrected chi connectivity index (χ2v) is 8.31. The Morgan fingerprint density at radius 3 is 2.58 bits per heavy atom. The molecule has 0 fully saturated rings. The molecule has 13 heteroatoms. The number of benzene rings is 1. The fourth-order valence-electron chi connectivity index (χ4n) is 4.03. The lowest BCUT2D eigenvalue weighted by Crippen LogP contribution is -2.26. The summed E-state index contributed by atoms with van der Waals surface area (Å²) in [5.74, 6) is -2.44. The molecule has 1 atom stereocenters. The molecule has 2 aromatic heterocycles. The Balaban J connectivity index is 2.10. The second kappa shape index (κ2) is 9.88. The highest BCUT2D eigenvalue weighted by Gasteiger charge is 2.39. The molecule has 0 saturated carbocycles. The lowest BCUT2D eigenvalue weighted by Gasteiger charge is -2.21. The second-order valence-electron chi connectivity index (χ2n) is 8.31. The molecule has 194 valence electrons. The molecule has 36 heavy (non-hydrogen) atoms. The molecule has 0 amide bonds. The highest BCUT2D eigenvalue weighted by atomic mass is 19.4. The predicted molar refractivity (Wildman–Crippen MR) is 124 cm³/mol. The maximum atomic E-state index is 16.0. The van der Waals surface area contributed by atoms with E-state index in [2.05, 4.69) is 25.6 Å². The molecule has 1 aromatic carbocycles. The van der Waals surface area contributed by atoms with Crippen LogP contribution in [0.4, 0.5) is 33.5 Å². The molecule has 3 aromatic rings. The fraction of sp³-hybridized carbons (Fsp3) is 0.435. The molecule has 4 N–H and O–H groups in total. The van der Waals surface area contributed by atoms with Crippen LogP contribution in [0.1, 0.15) is 31.4 Å². The first-order valence-corrected chi connectivity index (χ1v) is 11.3.